The minimum Gasteiger partial charge on any atom is -0.455 e. The van der Waals surface area contributed by atoms with Gasteiger partial charge in [0.15, 0.2) is 5.65 Å². The zero-order valence-corrected chi connectivity index (χ0v) is 32.1. The molecule has 0 bridgehead atoms. The van der Waals surface area contributed by atoms with Gasteiger partial charge in [0.25, 0.3) is 0 Å². The summed E-state index contributed by atoms with van der Waals surface area (Å²) in [7, 11) is 0. The van der Waals surface area contributed by atoms with Gasteiger partial charge in [0.05, 0.1) is 27.9 Å². The molecule has 0 amide bonds. The predicted molar refractivity (Wildman–Crippen MR) is 228 cm³/mol. The fraction of sp³-hybridized carbons (Fsp3) is 0.220. The number of para-hydroxylation sites is 3. The zero-order chi connectivity index (χ0) is 37.8. The van der Waals surface area contributed by atoms with E-state index in [0.29, 0.717) is 23.0 Å². The Bertz CT molecular complexity index is 3220. The topological polar surface area (TPSA) is 70.4 Å². The number of hydrogen-bond donors (Lipinski definition) is 0. The lowest BCUT2D eigenvalue weighted by atomic mass is 9.69. The number of imidazole rings is 2. The highest BCUT2D eigenvalue weighted by molar-refractivity contribution is 6.21. The molecule has 10 aromatic rings. The highest BCUT2D eigenvalue weighted by atomic mass is 16.5. The summed E-state index contributed by atoms with van der Waals surface area (Å²) in [4.78, 5) is 15.4. The summed E-state index contributed by atoms with van der Waals surface area (Å²) in [6.07, 6.45) is 9.39. The van der Waals surface area contributed by atoms with Gasteiger partial charge in [-0.15, -0.1) is 0 Å². The average molecular weight is 744 g/mol. The molecule has 0 radical (unpaired) electrons. The van der Waals surface area contributed by atoms with Crippen LogP contribution in [0, 0.1) is 17.3 Å². The number of hydrogen-bond acceptors (Lipinski definition) is 5. The first kappa shape index (κ1) is 32.7. The standard InChI is InChI=1S/C50H41N5O2/c1-50(2)23-20-30(21-24-50)33-26-32-22-25-51-46(37(32)27-33)39-29-35(28-38-45-36-13-7-6-10-31(36)16-18-43(45)57-47(38)39)56-44-19-17-42-48(53-44)54(34-11-4-3-5-12-34)49-52-40-14-8-9-15-41(40)55(42)49/h3-19,22,25,28-30,33H,20-21,23-24,26-27H2,1-2H3. The summed E-state index contributed by atoms with van der Waals surface area (Å²) in [6, 6.07) is 41.9. The Labute approximate surface area is 329 Å². The maximum Gasteiger partial charge on any atom is 0.221 e. The van der Waals surface area contributed by atoms with E-state index >= 15 is 0 Å². The molecule has 0 aliphatic heterocycles. The highest BCUT2D eigenvalue weighted by Gasteiger charge is 2.36. The van der Waals surface area contributed by atoms with Crippen LogP contribution in [0.1, 0.15) is 50.7 Å². The molecule has 1 saturated carbocycles. The molecule has 7 heteroatoms. The molecule has 5 aromatic heterocycles. The Morgan fingerprint density at radius 1 is 0.737 bits per heavy atom. The number of nitrogens with zero attached hydrogens (tertiary/aromatic N) is 5. The summed E-state index contributed by atoms with van der Waals surface area (Å²) < 4.78 is 18.0. The second kappa shape index (κ2) is 12.3. The molecule has 0 N–H and O–H groups in total. The minimum atomic E-state index is 0.454. The van der Waals surface area contributed by atoms with Crippen LogP contribution in [0.4, 0.5) is 0 Å². The Morgan fingerprint density at radius 3 is 2.46 bits per heavy atom. The largest absolute Gasteiger partial charge is 0.455 e. The highest BCUT2D eigenvalue weighted by Crippen LogP contribution is 2.48. The van der Waals surface area contributed by atoms with E-state index in [9.17, 15) is 0 Å². The summed E-state index contributed by atoms with van der Waals surface area (Å²) in [5.41, 5.74) is 11.6. The third-order valence-electron chi connectivity index (χ3n) is 13.1. The lowest BCUT2D eigenvalue weighted by molar-refractivity contribution is 0.151. The zero-order valence-electron chi connectivity index (χ0n) is 32.1. The third-order valence-corrected chi connectivity index (χ3v) is 13.1. The van der Waals surface area contributed by atoms with Gasteiger partial charge in [-0.3, -0.25) is 14.0 Å². The summed E-state index contributed by atoms with van der Waals surface area (Å²) in [5, 5.41) is 4.42. The number of aromatic nitrogens is 5. The van der Waals surface area contributed by atoms with Gasteiger partial charge in [0, 0.05) is 28.6 Å². The van der Waals surface area contributed by atoms with E-state index in [-0.39, 0.29) is 0 Å². The lowest BCUT2D eigenvalue weighted by Crippen LogP contribution is -2.26. The van der Waals surface area contributed by atoms with Crippen LogP contribution in [0.25, 0.3) is 77.6 Å². The molecule has 5 heterocycles. The molecular weight excluding hydrogens is 703 g/mol. The summed E-state index contributed by atoms with van der Waals surface area (Å²) in [5.74, 6) is 3.39. The molecule has 2 aliphatic rings. The number of benzene rings is 5. The molecule has 12 rings (SSSR count). The predicted octanol–water partition coefficient (Wildman–Crippen LogP) is 12.7. The lowest BCUT2D eigenvalue weighted by Gasteiger charge is -2.37. The third kappa shape index (κ3) is 5.14. The molecule has 2 aliphatic carbocycles. The van der Waals surface area contributed by atoms with Crippen LogP contribution in [0.15, 0.2) is 132 Å². The fourth-order valence-corrected chi connectivity index (χ4v) is 10.1. The smallest absolute Gasteiger partial charge is 0.221 e. The fourth-order valence-electron chi connectivity index (χ4n) is 10.1. The van der Waals surface area contributed by atoms with Gasteiger partial charge in [-0.2, -0.15) is 4.98 Å². The van der Waals surface area contributed by atoms with Gasteiger partial charge in [0.1, 0.15) is 16.9 Å². The van der Waals surface area contributed by atoms with Crippen molar-refractivity contribution in [2.75, 3.05) is 0 Å². The molecule has 1 unspecified atom stereocenters. The van der Waals surface area contributed by atoms with Crippen molar-refractivity contribution in [3.63, 3.8) is 0 Å². The first-order valence-electron chi connectivity index (χ1n) is 20.3. The van der Waals surface area contributed by atoms with Crippen molar-refractivity contribution in [1.29, 1.82) is 0 Å². The SMILES string of the molecule is CC1(C)CCC(C2Cc3ccnc(-c4cc(Oc5ccc6c(n5)n(-c5ccccc5)c5nc7ccccc7n65)cc5c4oc4ccc6ccccc6c45)c3C2)CC1. The number of furan rings is 1. The van der Waals surface area contributed by atoms with Crippen molar-refractivity contribution in [2.45, 2.75) is 52.4 Å². The molecule has 0 saturated heterocycles. The van der Waals surface area contributed by atoms with Crippen LogP contribution in [0.3, 0.4) is 0 Å². The van der Waals surface area contributed by atoms with E-state index < -0.39 is 0 Å². The van der Waals surface area contributed by atoms with Crippen molar-refractivity contribution < 1.29 is 9.15 Å². The molecule has 57 heavy (non-hydrogen) atoms. The Morgan fingerprint density at radius 2 is 1.56 bits per heavy atom. The van der Waals surface area contributed by atoms with Gasteiger partial charge in [0.2, 0.25) is 11.7 Å². The normalized spacial score (nSPS) is 17.1. The van der Waals surface area contributed by atoms with E-state index in [1.807, 2.05) is 36.5 Å². The van der Waals surface area contributed by atoms with E-state index in [1.54, 1.807) is 0 Å². The average Bonchev–Trinajstić information content (AvgIpc) is 4.01. The first-order valence-corrected chi connectivity index (χ1v) is 20.3. The Hall–Kier alpha value is -6.47. The van der Waals surface area contributed by atoms with Crippen LogP contribution >= 0.6 is 0 Å². The molecule has 1 fully saturated rings. The Balaban J connectivity index is 1.03. The van der Waals surface area contributed by atoms with Crippen molar-refractivity contribution in [2.24, 2.45) is 17.3 Å². The van der Waals surface area contributed by atoms with E-state index in [1.165, 1.54) is 42.2 Å². The Kier molecular flexibility index (Phi) is 7.04. The number of fused-ring (bicyclic) bond motifs is 11. The maximum atomic E-state index is 6.87. The summed E-state index contributed by atoms with van der Waals surface area (Å²) >= 11 is 0. The van der Waals surface area contributed by atoms with Gasteiger partial charge < -0.3 is 9.15 Å². The van der Waals surface area contributed by atoms with E-state index in [4.69, 9.17) is 24.1 Å². The van der Waals surface area contributed by atoms with Crippen molar-refractivity contribution in [3.05, 3.63) is 139 Å². The second-order valence-corrected chi connectivity index (χ2v) is 17.1. The molecule has 7 nitrogen and oxygen atoms in total. The number of pyridine rings is 2. The quantitative estimate of drug-likeness (QED) is 0.176. The molecule has 5 aromatic carbocycles. The second-order valence-electron chi connectivity index (χ2n) is 17.1. The van der Waals surface area contributed by atoms with E-state index in [2.05, 4.69) is 114 Å². The van der Waals surface area contributed by atoms with Gasteiger partial charge in [-0.25, -0.2) is 4.98 Å². The van der Waals surface area contributed by atoms with Gasteiger partial charge in [-0.1, -0.05) is 74.5 Å². The minimum absolute atomic E-state index is 0.454. The molecular formula is C50H41N5O2. The number of ether oxygens (including phenoxy) is 1. The van der Waals surface area contributed by atoms with E-state index in [0.717, 1.165) is 91.0 Å². The van der Waals surface area contributed by atoms with Crippen molar-refractivity contribution >= 4 is 60.7 Å². The number of rotatable bonds is 5. The molecule has 1 atom stereocenters. The van der Waals surface area contributed by atoms with Crippen LogP contribution in [-0.2, 0) is 12.8 Å². The molecule has 278 valence electrons. The van der Waals surface area contributed by atoms with Crippen molar-refractivity contribution in [1.82, 2.24) is 23.9 Å². The monoisotopic (exact) mass is 743 g/mol. The van der Waals surface area contributed by atoms with Crippen LogP contribution in [0.5, 0.6) is 11.6 Å². The van der Waals surface area contributed by atoms with Crippen LogP contribution < -0.4 is 4.74 Å². The first-order chi connectivity index (χ1) is 28.0. The molecule has 0 spiro atoms. The van der Waals surface area contributed by atoms with Crippen LogP contribution in [-0.4, -0.2) is 23.9 Å². The van der Waals surface area contributed by atoms with Crippen LogP contribution in [0.2, 0.25) is 0 Å². The summed E-state index contributed by atoms with van der Waals surface area (Å²) in [6.45, 7) is 4.86. The van der Waals surface area contributed by atoms with Crippen molar-refractivity contribution in [3.8, 4) is 28.6 Å². The van der Waals surface area contributed by atoms with Gasteiger partial charge in [-0.05, 0) is 132 Å². The van der Waals surface area contributed by atoms with Gasteiger partial charge >= 0.3 is 0 Å². The maximum absolute atomic E-state index is 6.87.